The van der Waals surface area contributed by atoms with Crippen LogP contribution in [0.25, 0.3) is 0 Å². The molecule has 3 N–H and O–H groups in total. The van der Waals surface area contributed by atoms with Crippen LogP contribution in [-0.2, 0) is 4.79 Å². The summed E-state index contributed by atoms with van der Waals surface area (Å²) in [5, 5.41) is 21.1. The quantitative estimate of drug-likeness (QED) is 0.723. The number of rotatable bonds is 3. The molecule has 1 atom stereocenters. The number of hydrogen-bond acceptors (Lipinski definition) is 4. The third kappa shape index (κ3) is 3.92. The van der Waals surface area contributed by atoms with Gasteiger partial charge in [0.25, 0.3) is 0 Å². The second kappa shape index (κ2) is 7.86. The number of hydrogen-bond donors (Lipinski definition) is 3. The fraction of sp³-hybridized carbons (Fsp3) is 0.636. The number of aliphatic hydroxyl groups is 1. The van der Waals surface area contributed by atoms with Crippen LogP contribution in [0.2, 0.25) is 0 Å². The zero-order chi connectivity index (χ0) is 20.6. The molecule has 29 heavy (non-hydrogen) atoms. The van der Waals surface area contributed by atoms with Crippen LogP contribution in [-0.4, -0.2) is 58.9 Å². The Balaban J connectivity index is 1.48. The lowest BCUT2D eigenvalue weighted by atomic mass is 9.78. The van der Waals surface area contributed by atoms with Gasteiger partial charge in [0.2, 0.25) is 5.91 Å². The average molecular weight is 402 g/mol. The Morgan fingerprint density at radius 3 is 2.62 bits per heavy atom. The highest BCUT2D eigenvalue weighted by Gasteiger charge is 2.50. The number of carboxylic acid groups (broad SMARTS) is 1. The molecular formula is C22H31N3O4. The lowest BCUT2D eigenvalue weighted by Gasteiger charge is -2.42. The van der Waals surface area contributed by atoms with Crippen LogP contribution in [0.5, 0.6) is 0 Å². The summed E-state index contributed by atoms with van der Waals surface area (Å²) in [7, 11) is 0. The van der Waals surface area contributed by atoms with Gasteiger partial charge in [-0.25, -0.2) is 4.79 Å². The molecule has 0 bridgehead atoms. The molecule has 2 heterocycles. The Bertz CT molecular complexity index is 790. The van der Waals surface area contributed by atoms with E-state index in [4.69, 9.17) is 5.11 Å². The minimum absolute atomic E-state index is 0.204. The largest absolute Gasteiger partial charge is 0.465 e. The third-order valence-electron chi connectivity index (χ3n) is 7.02. The van der Waals surface area contributed by atoms with Crippen molar-refractivity contribution < 1.29 is 19.8 Å². The average Bonchev–Trinajstić information content (AvgIpc) is 2.98. The third-order valence-corrected chi connectivity index (χ3v) is 7.02. The van der Waals surface area contributed by atoms with Crippen LogP contribution < -0.4 is 10.2 Å². The number of nitrogens with zero attached hydrogens (tertiary/aromatic N) is 2. The van der Waals surface area contributed by atoms with E-state index in [0.717, 1.165) is 75.8 Å². The Morgan fingerprint density at radius 1 is 1.17 bits per heavy atom. The molecule has 2 saturated heterocycles. The van der Waals surface area contributed by atoms with E-state index in [2.05, 4.69) is 15.1 Å². The van der Waals surface area contributed by atoms with E-state index in [0.29, 0.717) is 11.6 Å². The molecule has 0 aromatic heterocycles. The SMILES string of the molecule is Cc1cc(NC(=O)O)ccc1N1CCC[C@]2(CCN([C@H]3CC[C@H](O)CC3)C2=O)C1. The van der Waals surface area contributed by atoms with Gasteiger partial charge in [-0.1, -0.05) is 0 Å². The number of anilines is 2. The zero-order valence-electron chi connectivity index (χ0n) is 17.1. The Kier molecular flexibility index (Phi) is 5.42. The summed E-state index contributed by atoms with van der Waals surface area (Å²) in [6, 6.07) is 5.87. The summed E-state index contributed by atoms with van der Waals surface area (Å²) in [6.07, 6.45) is 4.95. The number of carbonyl (C=O) groups excluding carboxylic acids is 1. The summed E-state index contributed by atoms with van der Waals surface area (Å²) in [4.78, 5) is 28.7. The van der Waals surface area contributed by atoms with Gasteiger partial charge in [-0.2, -0.15) is 0 Å². The first-order valence-electron chi connectivity index (χ1n) is 10.7. The topological polar surface area (TPSA) is 93.1 Å². The number of nitrogens with one attached hydrogen (secondary N) is 1. The molecule has 7 nitrogen and oxygen atoms in total. The van der Waals surface area contributed by atoms with Gasteiger partial charge in [0, 0.05) is 37.1 Å². The Hall–Kier alpha value is -2.28. The molecule has 4 rings (SSSR count). The molecule has 158 valence electrons. The van der Waals surface area contributed by atoms with Gasteiger partial charge in [0.05, 0.1) is 11.5 Å². The zero-order valence-corrected chi connectivity index (χ0v) is 17.1. The van der Waals surface area contributed by atoms with E-state index in [1.807, 2.05) is 19.1 Å². The molecular weight excluding hydrogens is 370 g/mol. The monoisotopic (exact) mass is 401 g/mol. The van der Waals surface area contributed by atoms with Gasteiger partial charge >= 0.3 is 6.09 Å². The van der Waals surface area contributed by atoms with Crippen molar-refractivity contribution in [1.29, 1.82) is 0 Å². The smallest absolute Gasteiger partial charge is 0.409 e. The van der Waals surface area contributed by atoms with Crippen LogP contribution in [0, 0.1) is 12.3 Å². The maximum atomic E-state index is 13.5. The van der Waals surface area contributed by atoms with Gasteiger partial charge in [0.15, 0.2) is 0 Å². The number of piperidine rings is 1. The maximum Gasteiger partial charge on any atom is 0.409 e. The molecule has 2 amide bonds. The minimum atomic E-state index is -1.07. The normalized spacial score (nSPS) is 30.1. The molecule has 2 aliphatic heterocycles. The highest BCUT2D eigenvalue weighted by Crippen LogP contribution is 2.44. The molecule has 3 fully saturated rings. The van der Waals surface area contributed by atoms with Crippen LogP contribution in [0.1, 0.15) is 50.5 Å². The van der Waals surface area contributed by atoms with Crippen molar-refractivity contribution in [2.24, 2.45) is 5.41 Å². The molecule has 7 heteroatoms. The fourth-order valence-electron chi connectivity index (χ4n) is 5.49. The summed E-state index contributed by atoms with van der Waals surface area (Å²) < 4.78 is 0. The van der Waals surface area contributed by atoms with E-state index < -0.39 is 6.09 Å². The minimum Gasteiger partial charge on any atom is -0.465 e. The molecule has 0 radical (unpaired) electrons. The summed E-state index contributed by atoms with van der Waals surface area (Å²) in [5.41, 5.74) is 2.34. The molecule has 3 aliphatic rings. The number of amides is 2. The molecule has 1 aliphatic carbocycles. The first-order chi connectivity index (χ1) is 13.9. The van der Waals surface area contributed by atoms with Gasteiger partial charge in [0.1, 0.15) is 0 Å². The van der Waals surface area contributed by atoms with Crippen molar-refractivity contribution in [2.45, 2.75) is 64.0 Å². The lowest BCUT2D eigenvalue weighted by Crippen LogP contribution is -2.50. The van der Waals surface area contributed by atoms with Crippen LogP contribution in [0.3, 0.4) is 0 Å². The van der Waals surface area contributed by atoms with Crippen molar-refractivity contribution in [3.05, 3.63) is 23.8 Å². The maximum absolute atomic E-state index is 13.5. The molecule has 1 aromatic carbocycles. The highest BCUT2D eigenvalue weighted by molar-refractivity contribution is 5.86. The molecule has 1 spiro atoms. The van der Waals surface area contributed by atoms with E-state index in [9.17, 15) is 14.7 Å². The van der Waals surface area contributed by atoms with Gasteiger partial charge < -0.3 is 20.0 Å². The number of carbonyl (C=O) groups is 2. The highest BCUT2D eigenvalue weighted by atomic mass is 16.4. The molecule has 1 saturated carbocycles. The van der Waals surface area contributed by atoms with Crippen LogP contribution in [0.15, 0.2) is 18.2 Å². The second-order valence-electron chi connectivity index (χ2n) is 8.95. The van der Waals surface area contributed by atoms with Crippen molar-refractivity contribution in [2.75, 3.05) is 29.9 Å². The number of aryl methyl sites for hydroxylation is 1. The van der Waals surface area contributed by atoms with E-state index in [1.165, 1.54) is 0 Å². The summed E-state index contributed by atoms with van der Waals surface area (Å²) in [6.45, 7) is 4.45. The Morgan fingerprint density at radius 2 is 1.93 bits per heavy atom. The summed E-state index contributed by atoms with van der Waals surface area (Å²) in [5.74, 6) is 0.297. The first-order valence-corrected chi connectivity index (χ1v) is 10.7. The predicted octanol–water partition coefficient (Wildman–Crippen LogP) is 3.21. The van der Waals surface area contributed by atoms with Crippen molar-refractivity contribution in [3.8, 4) is 0 Å². The van der Waals surface area contributed by atoms with E-state index in [-0.39, 0.29) is 17.6 Å². The molecule has 0 unspecified atom stereocenters. The standard InChI is InChI=1S/C22H31N3O4/c1-15-13-16(23-21(28)29)3-8-19(15)24-11-2-9-22(14-24)10-12-25(20(22)27)17-4-6-18(26)7-5-17/h3,8,13,17-18,23,26H,2,4-7,9-12,14H2,1H3,(H,28,29)/t17-,18-,22-/m0/s1. The van der Waals surface area contributed by atoms with E-state index >= 15 is 0 Å². The van der Waals surface area contributed by atoms with Crippen molar-refractivity contribution in [1.82, 2.24) is 4.90 Å². The lowest BCUT2D eigenvalue weighted by molar-refractivity contribution is -0.139. The first kappa shape index (κ1) is 20.0. The van der Waals surface area contributed by atoms with Gasteiger partial charge in [-0.15, -0.1) is 0 Å². The number of benzene rings is 1. The fourth-order valence-corrected chi connectivity index (χ4v) is 5.49. The molecule has 1 aromatic rings. The second-order valence-corrected chi connectivity index (χ2v) is 8.95. The number of aliphatic hydroxyl groups excluding tert-OH is 1. The van der Waals surface area contributed by atoms with Gasteiger partial charge in [-0.3, -0.25) is 10.1 Å². The van der Waals surface area contributed by atoms with Crippen LogP contribution >= 0.6 is 0 Å². The van der Waals surface area contributed by atoms with Crippen LogP contribution in [0.4, 0.5) is 16.2 Å². The summed E-state index contributed by atoms with van der Waals surface area (Å²) >= 11 is 0. The predicted molar refractivity (Wildman–Crippen MR) is 111 cm³/mol. The van der Waals surface area contributed by atoms with E-state index in [1.54, 1.807) is 6.07 Å². The Labute approximate surface area is 171 Å². The number of likely N-dealkylation sites (tertiary alicyclic amines) is 1. The van der Waals surface area contributed by atoms with Crippen molar-refractivity contribution >= 4 is 23.4 Å². The van der Waals surface area contributed by atoms with Crippen molar-refractivity contribution in [3.63, 3.8) is 0 Å². The van der Waals surface area contributed by atoms with Gasteiger partial charge in [-0.05, 0) is 75.6 Å².